The second-order valence-electron chi connectivity index (χ2n) is 7.02. The van der Waals surface area contributed by atoms with Crippen LogP contribution in [0.1, 0.15) is 23.1 Å². The zero-order valence-electron chi connectivity index (χ0n) is 14.9. The van der Waals surface area contributed by atoms with Gasteiger partial charge in [-0.2, -0.15) is 0 Å². The third-order valence-electron chi connectivity index (χ3n) is 5.26. The van der Waals surface area contributed by atoms with Crippen LogP contribution >= 0.6 is 0 Å². The van der Waals surface area contributed by atoms with Crippen molar-refractivity contribution in [2.45, 2.75) is 31.1 Å². The molecule has 2 aliphatic rings. The monoisotopic (exact) mass is 381 g/mol. The maximum atomic E-state index is 13.4. The molecule has 0 bridgehead atoms. The van der Waals surface area contributed by atoms with E-state index in [1.807, 2.05) is 37.3 Å². The zero-order chi connectivity index (χ0) is 18.6. The maximum Gasteiger partial charge on any atom is 0.268 e. The molecule has 0 fully saturated rings. The average Bonchev–Trinajstić information content (AvgIpc) is 3.36. The lowest BCUT2D eigenvalue weighted by Gasteiger charge is -2.13. The van der Waals surface area contributed by atoms with Gasteiger partial charge in [0.1, 0.15) is 0 Å². The largest absolute Gasteiger partial charge is 0.454 e. The van der Waals surface area contributed by atoms with Gasteiger partial charge in [0, 0.05) is 11.8 Å². The molecule has 5 rings (SSSR count). The van der Waals surface area contributed by atoms with Gasteiger partial charge in [-0.25, -0.2) is 12.4 Å². The molecule has 0 unspecified atom stereocenters. The number of hydrogen-bond acceptors (Lipinski definition) is 4. The van der Waals surface area contributed by atoms with E-state index < -0.39 is 10.0 Å². The van der Waals surface area contributed by atoms with Gasteiger partial charge in [-0.05, 0) is 67.6 Å². The smallest absolute Gasteiger partial charge is 0.268 e. The molecule has 0 spiro atoms. The molecule has 3 aromatic rings. The number of aryl methyl sites for hydroxylation is 2. The van der Waals surface area contributed by atoms with Crippen LogP contribution in [-0.4, -0.2) is 19.2 Å². The van der Waals surface area contributed by atoms with Gasteiger partial charge in [0.25, 0.3) is 10.0 Å². The predicted octanol–water partition coefficient (Wildman–Crippen LogP) is 3.92. The van der Waals surface area contributed by atoms with Crippen LogP contribution in [0.15, 0.2) is 53.6 Å². The van der Waals surface area contributed by atoms with Crippen molar-refractivity contribution in [1.29, 1.82) is 0 Å². The fourth-order valence-corrected chi connectivity index (χ4v) is 5.31. The molecule has 0 N–H and O–H groups in total. The lowest BCUT2D eigenvalue weighted by atomic mass is 10.1. The highest BCUT2D eigenvalue weighted by Gasteiger charge is 2.29. The van der Waals surface area contributed by atoms with Crippen molar-refractivity contribution < 1.29 is 17.9 Å². The molecule has 1 aliphatic carbocycles. The van der Waals surface area contributed by atoms with E-state index in [9.17, 15) is 8.42 Å². The predicted molar refractivity (Wildman–Crippen MR) is 102 cm³/mol. The summed E-state index contributed by atoms with van der Waals surface area (Å²) in [4.78, 5) is 0.295. The standard InChI is InChI=1S/C21H19NO4S/c1-14-5-8-17(9-6-14)27(23,24)22-12-16-3-2-4-18(16)21(22)15-7-10-19-20(11-15)26-13-25-19/h5-12H,2-4,13H2,1H3. The summed E-state index contributed by atoms with van der Waals surface area (Å²) in [5, 5.41) is 0. The maximum absolute atomic E-state index is 13.4. The molecule has 2 aromatic carbocycles. The summed E-state index contributed by atoms with van der Waals surface area (Å²) in [6.45, 7) is 2.14. The van der Waals surface area contributed by atoms with E-state index in [-0.39, 0.29) is 6.79 Å². The van der Waals surface area contributed by atoms with Crippen molar-refractivity contribution in [1.82, 2.24) is 3.97 Å². The molecule has 1 aliphatic heterocycles. The quantitative estimate of drug-likeness (QED) is 0.690. The van der Waals surface area contributed by atoms with Crippen molar-refractivity contribution in [2.75, 3.05) is 6.79 Å². The molecular weight excluding hydrogens is 362 g/mol. The summed E-state index contributed by atoms with van der Waals surface area (Å²) in [5.74, 6) is 1.34. The Morgan fingerprint density at radius 3 is 2.56 bits per heavy atom. The number of nitrogens with zero attached hydrogens (tertiary/aromatic N) is 1. The Morgan fingerprint density at radius 2 is 1.74 bits per heavy atom. The van der Waals surface area contributed by atoms with E-state index in [4.69, 9.17) is 9.47 Å². The van der Waals surface area contributed by atoms with Crippen LogP contribution in [0.25, 0.3) is 11.3 Å². The number of benzene rings is 2. The molecule has 27 heavy (non-hydrogen) atoms. The van der Waals surface area contributed by atoms with Crippen LogP contribution < -0.4 is 9.47 Å². The highest BCUT2D eigenvalue weighted by Crippen LogP contribution is 2.41. The molecule has 1 aromatic heterocycles. The topological polar surface area (TPSA) is 57.5 Å². The molecule has 2 heterocycles. The van der Waals surface area contributed by atoms with Crippen LogP contribution in [0.5, 0.6) is 11.5 Å². The van der Waals surface area contributed by atoms with Gasteiger partial charge in [0.15, 0.2) is 11.5 Å². The summed E-state index contributed by atoms with van der Waals surface area (Å²) < 4.78 is 39.1. The SMILES string of the molecule is Cc1ccc(S(=O)(=O)n2cc3c(c2-c2ccc4c(c2)OCO4)CCC3)cc1. The fraction of sp³-hybridized carbons (Fsp3) is 0.238. The van der Waals surface area contributed by atoms with E-state index in [1.54, 1.807) is 18.3 Å². The Balaban J connectivity index is 1.71. The second-order valence-corrected chi connectivity index (χ2v) is 8.83. The summed E-state index contributed by atoms with van der Waals surface area (Å²) in [6.07, 6.45) is 4.63. The number of ether oxygens (including phenoxy) is 2. The Kier molecular flexibility index (Phi) is 3.59. The molecule has 5 nitrogen and oxygen atoms in total. The summed E-state index contributed by atoms with van der Waals surface area (Å²) in [5.41, 5.74) is 4.82. The van der Waals surface area contributed by atoms with E-state index in [0.717, 1.165) is 47.2 Å². The lowest BCUT2D eigenvalue weighted by molar-refractivity contribution is 0.174. The Bertz CT molecular complexity index is 1140. The van der Waals surface area contributed by atoms with E-state index in [2.05, 4.69) is 0 Å². The first kappa shape index (κ1) is 16.4. The lowest BCUT2D eigenvalue weighted by Crippen LogP contribution is -2.14. The second kappa shape index (κ2) is 5.89. The van der Waals surface area contributed by atoms with Gasteiger partial charge in [0.2, 0.25) is 6.79 Å². The minimum atomic E-state index is -3.68. The molecule has 0 amide bonds. The van der Waals surface area contributed by atoms with Crippen molar-refractivity contribution in [3.8, 4) is 22.8 Å². The average molecular weight is 381 g/mol. The summed E-state index contributed by atoms with van der Waals surface area (Å²) >= 11 is 0. The number of hydrogen-bond donors (Lipinski definition) is 0. The van der Waals surface area contributed by atoms with Gasteiger partial charge in [-0.1, -0.05) is 17.7 Å². The first-order valence-electron chi connectivity index (χ1n) is 8.99. The van der Waals surface area contributed by atoms with Crippen molar-refractivity contribution in [3.05, 3.63) is 65.4 Å². The third-order valence-corrected chi connectivity index (χ3v) is 6.94. The first-order chi connectivity index (χ1) is 13.0. The number of rotatable bonds is 3. The molecule has 0 radical (unpaired) electrons. The molecule has 6 heteroatoms. The van der Waals surface area contributed by atoms with Crippen LogP contribution in [0.4, 0.5) is 0 Å². The van der Waals surface area contributed by atoms with Gasteiger partial charge < -0.3 is 9.47 Å². The van der Waals surface area contributed by atoms with Gasteiger partial charge in [-0.3, -0.25) is 0 Å². The molecule has 0 saturated carbocycles. The van der Waals surface area contributed by atoms with E-state index in [0.29, 0.717) is 16.4 Å². The summed E-state index contributed by atoms with van der Waals surface area (Å²) in [7, 11) is -3.68. The number of fused-ring (bicyclic) bond motifs is 2. The summed E-state index contributed by atoms with van der Waals surface area (Å²) in [6, 6.07) is 12.6. The van der Waals surface area contributed by atoms with Crippen molar-refractivity contribution in [3.63, 3.8) is 0 Å². The zero-order valence-corrected chi connectivity index (χ0v) is 15.8. The van der Waals surface area contributed by atoms with Crippen molar-refractivity contribution >= 4 is 10.0 Å². The number of aromatic nitrogens is 1. The normalized spacial score (nSPS) is 15.1. The van der Waals surface area contributed by atoms with Gasteiger partial charge in [-0.15, -0.1) is 0 Å². The minimum absolute atomic E-state index is 0.194. The Hall–Kier alpha value is -2.73. The van der Waals surface area contributed by atoms with Crippen LogP contribution in [0.3, 0.4) is 0 Å². The molecular formula is C21H19NO4S. The van der Waals surface area contributed by atoms with Crippen LogP contribution in [0, 0.1) is 6.92 Å². The van der Waals surface area contributed by atoms with E-state index in [1.165, 1.54) is 3.97 Å². The Morgan fingerprint density at radius 1 is 0.963 bits per heavy atom. The highest BCUT2D eigenvalue weighted by atomic mass is 32.2. The van der Waals surface area contributed by atoms with Crippen LogP contribution in [0.2, 0.25) is 0 Å². The first-order valence-corrected chi connectivity index (χ1v) is 10.4. The molecule has 138 valence electrons. The van der Waals surface area contributed by atoms with E-state index >= 15 is 0 Å². The van der Waals surface area contributed by atoms with Crippen LogP contribution in [-0.2, 0) is 22.9 Å². The highest BCUT2D eigenvalue weighted by molar-refractivity contribution is 7.90. The van der Waals surface area contributed by atoms with Gasteiger partial charge in [0.05, 0.1) is 10.6 Å². The Labute approximate surface area is 158 Å². The fourth-order valence-electron chi connectivity index (χ4n) is 3.88. The minimum Gasteiger partial charge on any atom is -0.454 e. The third kappa shape index (κ3) is 2.55. The van der Waals surface area contributed by atoms with Crippen molar-refractivity contribution in [2.24, 2.45) is 0 Å². The molecule has 0 atom stereocenters. The van der Waals surface area contributed by atoms with Gasteiger partial charge >= 0.3 is 0 Å². The molecule has 0 saturated heterocycles.